The van der Waals surface area contributed by atoms with Gasteiger partial charge in [-0.2, -0.15) is 0 Å². The van der Waals surface area contributed by atoms with Crippen LogP contribution in [0.15, 0.2) is 48.5 Å². The number of rotatable bonds is 9. The fourth-order valence-corrected chi connectivity index (χ4v) is 3.73. The minimum Gasteiger partial charge on any atom is -0.489 e. The van der Waals surface area contributed by atoms with E-state index in [0.29, 0.717) is 30.6 Å². The molecule has 0 aliphatic carbocycles. The average Bonchev–Trinajstić information content (AvgIpc) is 2.74. The maximum atomic E-state index is 13.3. The van der Waals surface area contributed by atoms with Gasteiger partial charge in [-0.3, -0.25) is 9.69 Å². The summed E-state index contributed by atoms with van der Waals surface area (Å²) in [6, 6.07) is 14.0. The third-order valence-corrected chi connectivity index (χ3v) is 5.20. The van der Waals surface area contributed by atoms with Crippen LogP contribution in [0.4, 0.5) is 10.1 Å². The van der Waals surface area contributed by atoms with Crippen molar-refractivity contribution in [3.63, 3.8) is 0 Å². The number of ether oxygens (including phenoxy) is 1. The molecule has 3 N–H and O–H groups in total. The predicted molar refractivity (Wildman–Crippen MR) is 115 cm³/mol. The number of nitrogens with one attached hydrogen (secondary N) is 2. The predicted octanol–water partition coefficient (Wildman–Crippen LogP) is 2.78. The molecule has 1 unspecified atom stereocenters. The number of amides is 1. The molecule has 3 rings (SSSR count). The second-order valence-corrected chi connectivity index (χ2v) is 7.68. The zero-order valence-electron chi connectivity index (χ0n) is 17.3. The van der Waals surface area contributed by atoms with E-state index in [2.05, 4.69) is 15.5 Å². The Bertz CT molecular complexity index is 810. The Labute approximate surface area is 177 Å². The van der Waals surface area contributed by atoms with Gasteiger partial charge in [0.05, 0.1) is 5.69 Å². The van der Waals surface area contributed by atoms with E-state index in [4.69, 9.17) is 4.74 Å². The monoisotopic (exact) mass is 415 g/mol. The molecule has 6 nitrogen and oxygen atoms in total. The SMILES string of the molecule is CC(=O)Nc1ccccc1OCC(O)CN(Cc1ccc(F)cc1)C1CCNCC1. The summed E-state index contributed by atoms with van der Waals surface area (Å²) in [5.41, 5.74) is 1.60. The van der Waals surface area contributed by atoms with E-state index in [-0.39, 0.29) is 18.3 Å². The first-order valence-electron chi connectivity index (χ1n) is 10.4. The number of aliphatic hydroxyl groups excluding tert-OH is 1. The highest BCUT2D eigenvalue weighted by Crippen LogP contribution is 2.24. The van der Waals surface area contributed by atoms with Crippen molar-refractivity contribution in [2.45, 2.75) is 38.5 Å². The van der Waals surface area contributed by atoms with Crippen LogP contribution in [-0.4, -0.2) is 54.3 Å². The third-order valence-electron chi connectivity index (χ3n) is 5.20. The van der Waals surface area contributed by atoms with Gasteiger partial charge in [0, 0.05) is 26.1 Å². The van der Waals surface area contributed by atoms with Gasteiger partial charge in [-0.1, -0.05) is 24.3 Å². The number of hydrogen-bond acceptors (Lipinski definition) is 5. The minimum atomic E-state index is -0.703. The van der Waals surface area contributed by atoms with E-state index in [9.17, 15) is 14.3 Å². The summed E-state index contributed by atoms with van der Waals surface area (Å²) in [4.78, 5) is 13.6. The molecule has 2 aromatic rings. The standard InChI is InChI=1S/C23H30FN3O3/c1-17(28)26-22-4-2-3-5-23(22)30-16-21(29)15-27(20-10-12-25-13-11-20)14-18-6-8-19(24)9-7-18/h2-9,20-21,25,29H,10-16H2,1H3,(H,26,28). The molecule has 1 fully saturated rings. The van der Waals surface area contributed by atoms with Gasteiger partial charge in [0.1, 0.15) is 24.3 Å². The highest BCUT2D eigenvalue weighted by atomic mass is 19.1. The lowest BCUT2D eigenvalue weighted by Crippen LogP contribution is -2.46. The van der Waals surface area contributed by atoms with Gasteiger partial charge in [0.25, 0.3) is 0 Å². The fourth-order valence-electron chi connectivity index (χ4n) is 3.73. The van der Waals surface area contributed by atoms with Gasteiger partial charge < -0.3 is 20.5 Å². The van der Waals surface area contributed by atoms with Crippen molar-refractivity contribution in [2.24, 2.45) is 0 Å². The number of piperidine rings is 1. The Hall–Kier alpha value is -2.48. The largest absolute Gasteiger partial charge is 0.489 e. The second kappa shape index (κ2) is 11.1. The summed E-state index contributed by atoms with van der Waals surface area (Å²) in [6.45, 7) is 4.54. The van der Waals surface area contributed by atoms with E-state index in [1.807, 2.05) is 12.1 Å². The third kappa shape index (κ3) is 6.79. The molecule has 7 heteroatoms. The van der Waals surface area contributed by atoms with Gasteiger partial charge in [0.2, 0.25) is 5.91 Å². The molecule has 0 aromatic heterocycles. The molecule has 30 heavy (non-hydrogen) atoms. The van der Waals surface area contributed by atoms with E-state index < -0.39 is 6.10 Å². The van der Waals surface area contributed by atoms with E-state index in [0.717, 1.165) is 31.5 Å². The number of aliphatic hydroxyl groups is 1. The van der Waals surface area contributed by atoms with Crippen LogP contribution in [0.25, 0.3) is 0 Å². The average molecular weight is 416 g/mol. The molecule has 1 aliphatic heterocycles. The maximum absolute atomic E-state index is 13.3. The van der Waals surface area contributed by atoms with Gasteiger partial charge in [0.15, 0.2) is 0 Å². The van der Waals surface area contributed by atoms with Crippen molar-refractivity contribution < 1.29 is 19.0 Å². The molecule has 0 spiro atoms. The molecule has 162 valence electrons. The summed E-state index contributed by atoms with van der Waals surface area (Å²) in [7, 11) is 0. The quantitative estimate of drug-likeness (QED) is 0.587. The zero-order valence-corrected chi connectivity index (χ0v) is 17.3. The van der Waals surface area contributed by atoms with E-state index in [1.165, 1.54) is 19.1 Å². The summed E-state index contributed by atoms with van der Waals surface area (Å²) in [5.74, 6) is 0.0973. The number of nitrogens with zero attached hydrogens (tertiary/aromatic N) is 1. The lowest BCUT2D eigenvalue weighted by Gasteiger charge is -2.36. The van der Waals surface area contributed by atoms with Gasteiger partial charge in [-0.15, -0.1) is 0 Å². The Kier molecular flexibility index (Phi) is 8.19. The molecule has 2 aromatic carbocycles. The molecule has 1 atom stereocenters. The van der Waals surface area contributed by atoms with E-state index in [1.54, 1.807) is 24.3 Å². The number of anilines is 1. The maximum Gasteiger partial charge on any atom is 0.221 e. The molecule has 1 aliphatic rings. The molecule has 1 heterocycles. The number of hydrogen-bond donors (Lipinski definition) is 3. The molecule has 1 saturated heterocycles. The van der Waals surface area contributed by atoms with Crippen LogP contribution >= 0.6 is 0 Å². The lowest BCUT2D eigenvalue weighted by atomic mass is 10.0. The van der Waals surface area contributed by atoms with Crippen molar-refractivity contribution in [2.75, 3.05) is 31.6 Å². The fraction of sp³-hybridized carbons (Fsp3) is 0.435. The summed E-state index contributed by atoms with van der Waals surface area (Å²) < 4.78 is 19.1. The Morgan fingerprint density at radius 2 is 1.93 bits per heavy atom. The topological polar surface area (TPSA) is 73.8 Å². The summed E-state index contributed by atoms with van der Waals surface area (Å²) in [5, 5.41) is 16.8. The van der Waals surface area contributed by atoms with Crippen molar-refractivity contribution in [3.8, 4) is 5.75 Å². The molecule has 0 bridgehead atoms. The molecule has 0 radical (unpaired) electrons. The summed E-state index contributed by atoms with van der Waals surface area (Å²) in [6.07, 6.45) is 1.30. The van der Waals surface area contributed by atoms with Crippen LogP contribution in [0.3, 0.4) is 0 Å². The molecule has 1 amide bonds. The van der Waals surface area contributed by atoms with Gasteiger partial charge in [-0.05, 0) is 55.8 Å². The Morgan fingerprint density at radius 3 is 2.63 bits per heavy atom. The highest BCUT2D eigenvalue weighted by molar-refractivity contribution is 5.90. The first-order valence-corrected chi connectivity index (χ1v) is 10.4. The zero-order chi connectivity index (χ0) is 21.3. The first kappa shape index (κ1) is 22.2. The summed E-state index contributed by atoms with van der Waals surface area (Å²) >= 11 is 0. The van der Waals surface area contributed by atoms with Crippen LogP contribution in [0, 0.1) is 5.82 Å². The molecular weight excluding hydrogens is 385 g/mol. The Morgan fingerprint density at radius 1 is 1.23 bits per heavy atom. The lowest BCUT2D eigenvalue weighted by molar-refractivity contribution is -0.114. The number of carbonyl (C=O) groups excluding carboxylic acids is 1. The van der Waals surface area contributed by atoms with Crippen molar-refractivity contribution in [1.82, 2.24) is 10.2 Å². The van der Waals surface area contributed by atoms with Gasteiger partial charge >= 0.3 is 0 Å². The van der Waals surface area contributed by atoms with Crippen LogP contribution < -0.4 is 15.4 Å². The molecular formula is C23H30FN3O3. The second-order valence-electron chi connectivity index (χ2n) is 7.68. The minimum absolute atomic E-state index is 0.113. The normalized spacial score (nSPS) is 15.7. The molecule has 0 saturated carbocycles. The number of carbonyl (C=O) groups is 1. The highest BCUT2D eigenvalue weighted by Gasteiger charge is 2.24. The van der Waals surface area contributed by atoms with E-state index >= 15 is 0 Å². The van der Waals surface area contributed by atoms with Crippen molar-refractivity contribution >= 4 is 11.6 Å². The van der Waals surface area contributed by atoms with Crippen molar-refractivity contribution in [1.29, 1.82) is 0 Å². The van der Waals surface area contributed by atoms with Gasteiger partial charge in [-0.25, -0.2) is 4.39 Å². The Balaban J connectivity index is 1.62. The number of halogens is 1. The van der Waals surface area contributed by atoms with Crippen LogP contribution in [0.5, 0.6) is 5.75 Å². The number of para-hydroxylation sites is 2. The van der Waals surface area contributed by atoms with Crippen molar-refractivity contribution in [3.05, 3.63) is 59.9 Å². The smallest absolute Gasteiger partial charge is 0.221 e. The van der Waals surface area contributed by atoms with Crippen LogP contribution in [0.1, 0.15) is 25.3 Å². The van der Waals surface area contributed by atoms with Crippen LogP contribution in [0.2, 0.25) is 0 Å². The number of benzene rings is 2. The van der Waals surface area contributed by atoms with Crippen LogP contribution in [-0.2, 0) is 11.3 Å². The first-order chi connectivity index (χ1) is 14.5.